The predicted octanol–water partition coefficient (Wildman–Crippen LogP) is 3.10. The molecule has 0 aliphatic rings. The van der Waals surface area contributed by atoms with Crippen molar-refractivity contribution < 1.29 is 4.79 Å². The number of rotatable bonds is 7. The molecule has 2 radical (unpaired) electrons. The minimum absolute atomic E-state index is 0.0806. The van der Waals surface area contributed by atoms with Crippen LogP contribution in [0.2, 0.25) is 0 Å². The van der Waals surface area contributed by atoms with Gasteiger partial charge in [0.05, 0.1) is 23.1 Å². The van der Waals surface area contributed by atoms with Crippen LogP contribution in [-0.4, -0.2) is 34.8 Å². The van der Waals surface area contributed by atoms with Crippen LogP contribution in [0.25, 0.3) is 22.2 Å². The second-order valence-electron chi connectivity index (χ2n) is 6.96. The Labute approximate surface area is 171 Å². The molecule has 0 saturated heterocycles. The minimum atomic E-state index is -0.0806. The lowest BCUT2D eigenvalue weighted by Gasteiger charge is -2.11. The van der Waals surface area contributed by atoms with Gasteiger partial charge in [-0.2, -0.15) is 0 Å². The first-order chi connectivity index (χ1) is 14.2. The van der Waals surface area contributed by atoms with Gasteiger partial charge >= 0.3 is 0 Å². The summed E-state index contributed by atoms with van der Waals surface area (Å²) in [7, 11) is 5.79. The van der Waals surface area contributed by atoms with Crippen LogP contribution in [0.4, 0.5) is 0 Å². The van der Waals surface area contributed by atoms with Gasteiger partial charge in [0.15, 0.2) is 0 Å². The molecule has 2 aromatic carbocycles. The Hall–Kier alpha value is -3.41. The lowest BCUT2D eigenvalue weighted by atomic mass is 9.94. The Bertz CT molecular complexity index is 1110. The quantitative estimate of drug-likeness (QED) is 0.396. The molecule has 1 amide bonds. The lowest BCUT2D eigenvalue weighted by molar-refractivity contribution is 0.0954. The number of carbonyl (C=O) groups is 1. The lowest BCUT2D eigenvalue weighted by Crippen LogP contribution is -2.25. The fourth-order valence-electron chi connectivity index (χ4n) is 3.30. The number of aromatic nitrogens is 3. The van der Waals surface area contributed by atoms with Crippen LogP contribution in [0.1, 0.15) is 23.2 Å². The predicted molar refractivity (Wildman–Crippen MR) is 116 cm³/mol. The highest BCUT2D eigenvalue weighted by Crippen LogP contribution is 2.24. The van der Waals surface area contributed by atoms with Crippen molar-refractivity contribution in [3.8, 4) is 11.3 Å². The summed E-state index contributed by atoms with van der Waals surface area (Å²) < 4.78 is 2.04. The molecule has 0 fully saturated rings. The van der Waals surface area contributed by atoms with Crippen molar-refractivity contribution in [2.45, 2.75) is 19.4 Å². The van der Waals surface area contributed by atoms with E-state index in [0.717, 1.165) is 41.5 Å². The first-order valence-corrected chi connectivity index (χ1v) is 9.70. The van der Waals surface area contributed by atoms with Crippen LogP contribution >= 0.6 is 0 Å². The van der Waals surface area contributed by atoms with Crippen molar-refractivity contribution in [1.82, 2.24) is 19.9 Å². The third-order valence-corrected chi connectivity index (χ3v) is 4.86. The molecular formula is C23H21BN4O. The number of hydrogen-bond donors (Lipinski definition) is 1. The van der Waals surface area contributed by atoms with Crippen LogP contribution in [0.3, 0.4) is 0 Å². The van der Waals surface area contributed by atoms with Crippen LogP contribution in [-0.2, 0) is 6.54 Å². The molecule has 1 N–H and O–H groups in total. The van der Waals surface area contributed by atoms with Gasteiger partial charge in [-0.15, -0.1) is 0 Å². The number of nitrogens with one attached hydrogen (secondary N) is 1. The largest absolute Gasteiger partial charge is 0.352 e. The van der Waals surface area contributed by atoms with Gasteiger partial charge in [-0.1, -0.05) is 47.9 Å². The van der Waals surface area contributed by atoms with E-state index in [4.69, 9.17) is 12.8 Å². The number of para-hydroxylation sites is 1. The SMILES string of the molecule is [B]c1ccc(-c2cc(C(=O)NCCCCn3ccnc3)c3ccccc3n2)cc1. The monoisotopic (exact) mass is 380 g/mol. The fraction of sp³-hybridized carbons (Fsp3) is 0.174. The van der Waals surface area contributed by atoms with Gasteiger partial charge in [-0.05, 0) is 25.0 Å². The number of pyridine rings is 1. The van der Waals surface area contributed by atoms with Gasteiger partial charge in [0.25, 0.3) is 5.91 Å². The first-order valence-electron chi connectivity index (χ1n) is 9.70. The topological polar surface area (TPSA) is 59.8 Å². The summed E-state index contributed by atoms with van der Waals surface area (Å²) in [5.74, 6) is -0.0806. The molecule has 2 aromatic heterocycles. The first kappa shape index (κ1) is 18.9. The number of fused-ring (bicyclic) bond motifs is 1. The average molecular weight is 380 g/mol. The Morgan fingerprint density at radius 1 is 1.07 bits per heavy atom. The molecule has 142 valence electrons. The maximum absolute atomic E-state index is 12.9. The molecule has 0 unspecified atom stereocenters. The molecule has 0 atom stereocenters. The zero-order valence-corrected chi connectivity index (χ0v) is 16.1. The normalized spacial score (nSPS) is 10.9. The zero-order valence-electron chi connectivity index (χ0n) is 16.1. The van der Waals surface area contributed by atoms with Crippen LogP contribution in [0.5, 0.6) is 0 Å². The second-order valence-corrected chi connectivity index (χ2v) is 6.96. The number of unbranched alkanes of at least 4 members (excludes halogenated alkanes) is 1. The average Bonchev–Trinajstić information content (AvgIpc) is 3.26. The molecule has 4 aromatic rings. The van der Waals surface area contributed by atoms with Gasteiger partial charge in [0, 0.05) is 36.4 Å². The number of hydrogen-bond acceptors (Lipinski definition) is 3. The van der Waals surface area contributed by atoms with E-state index in [1.807, 2.05) is 65.4 Å². The van der Waals surface area contributed by atoms with Gasteiger partial charge in [0.1, 0.15) is 7.85 Å². The third kappa shape index (κ3) is 4.54. The Kier molecular flexibility index (Phi) is 5.70. The standard InChI is InChI=1S/C23H21BN4O/c24-18-9-7-17(8-10-18)22-15-20(19-5-1-2-6-21(19)27-22)23(29)26-11-3-4-13-28-14-12-25-16-28/h1-2,5-10,12,14-16H,3-4,11,13H2,(H,26,29). The molecular weight excluding hydrogens is 359 g/mol. The Morgan fingerprint density at radius 2 is 1.90 bits per heavy atom. The molecule has 2 heterocycles. The van der Waals surface area contributed by atoms with Crippen molar-refractivity contribution in [1.29, 1.82) is 0 Å². The Balaban J connectivity index is 1.50. The summed E-state index contributed by atoms with van der Waals surface area (Å²) in [6.07, 6.45) is 7.40. The summed E-state index contributed by atoms with van der Waals surface area (Å²) in [5, 5.41) is 3.90. The van der Waals surface area contributed by atoms with E-state index in [-0.39, 0.29) is 5.91 Å². The molecule has 0 bridgehead atoms. The van der Waals surface area contributed by atoms with E-state index >= 15 is 0 Å². The Morgan fingerprint density at radius 3 is 2.69 bits per heavy atom. The van der Waals surface area contributed by atoms with Crippen LogP contribution in [0.15, 0.2) is 73.3 Å². The molecule has 4 rings (SSSR count). The van der Waals surface area contributed by atoms with E-state index in [0.29, 0.717) is 17.6 Å². The van der Waals surface area contributed by atoms with Gasteiger partial charge in [0.2, 0.25) is 0 Å². The van der Waals surface area contributed by atoms with E-state index in [1.54, 1.807) is 12.5 Å². The van der Waals surface area contributed by atoms with Crippen LogP contribution in [0, 0.1) is 0 Å². The molecule has 0 spiro atoms. The summed E-state index contributed by atoms with van der Waals surface area (Å²) in [4.78, 5) is 21.7. The zero-order chi connectivity index (χ0) is 20.1. The molecule has 6 heteroatoms. The second kappa shape index (κ2) is 8.73. The van der Waals surface area contributed by atoms with Crippen molar-refractivity contribution in [2.75, 3.05) is 6.54 Å². The number of amides is 1. The highest BCUT2D eigenvalue weighted by Gasteiger charge is 2.13. The van der Waals surface area contributed by atoms with E-state index in [9.17, 15) is 4.79 Å². The summed E-state index contributed by atoms with van der Waals surface area (Å²) in [5.41, 5.74) is 3.82. The van der Waals surface area contributed by atoms with Crippen molar-refractivity contribution in [3.05, 3.63) is 78.9 Å². The highest BCUT2D eigenvalue weighted by molar-refractivity contribution is 6.32. The van der Waals surface area contributed by atoms with Gasteiger partial charge < -0.3 is 9.88 Å². The summed E-state index contributed by atoms with van der Waals surface area (Å²) in [6.45, 7) is 1.52. The van der Waals surface area contributed by atoms with Crippen LogP contribution < -0.4 is 10.8 Å². The number of carbonyl (C=O) groups excluding carboxylic acids is 1. The fourth-order valence-corrected chi connectivity index (χ4v) is 3.30. The maximum atomic E-state index is 12.9. The molecule has 5 nitrogen and oxygen atoms in total. The minimum Gasteiger partial charge on any atom is -0.352 e. The van der Waals surface area contributed by atoms with Crippen molar-refractivity contribution in [2.24, 2.45) is 0 Å². The van der Waals surface area contributed by atoms with E-state index in [1.165, 1.54) is 0 Å². The van der Waals surface area contributed by atoms with Gasteiger partial charge in [-0.25, -0.2) is 9.97 Å². The van der Waals surface area contributed by atoms with Crippen molar-refractivity contribution >= 4 is 30.1 Å². The summed E-state index contributed by atoms with van der Waals surface area (Å²) >= 11 is 0. The van der Waals surface area contributed by atoms with E-state index < -0.39 is 0 Å². The van der Waals surface area contributed by atoms with E-state index in [2.05, 4.69) is 10.3 Å². The molecule has 0 saturated carbocycles. The third-order valence-electron chi connectivity index (χ3n) is 4.86. The maximum Gasteiger partial charge on any atom is 0.252 e. The highest BCUT2D eigenvalue weighted by atomic mass is 16.1. The molecule has 0 aliphatic heterocycles. The van der Waals surface area contributed by atoms with Gasteiger partial charge in [-0.3, -0.25) is 4.79 Å². The smallest absolute Gasteiger partial charge is 0.252 e. The number of nitrogens with zero attached hydrogens (tertiary/aromatic N) is 3. The number of aryl methyl sites for hydroxylation is 1. The summed E-state index contributed by atoms with van der Waals surface area (Å²) in [6, 6.07) is 17.1. The van der Waals surface area contributed by atoms with Crippen molar-refractivity contribution in [3.63, 3.8) is 0 Å². The molecule has 0 aliphatic carbocycles. The molecule has 29 heavy (non-hydrogen) atoms. The number of imidazole rings is 1. The number of benzene rings is 2.